The van der Waals surface area contributed by atoms with Gasteiger partial charge in [0.05, 0.1) is 23.5 Å². The van der Waals surface area contributed by atoms with Crippen LogP contribution in [-0.2, 0) is 16.4 Å². The average molecular weight is 240 g/mol. The Morgan fingerprint density at radius 2 is 2.19 bits per heavy atom. The minimum Gasteiger partial charge on any atom is -0.397 e. The molecule has 0 unspecified atom stereocenters. The summed E-state index contributed by atoms with van der Waals surface area (Å²) < 4.78 is 23.6. The van der Waals surface area contributed by atoms with Crippen molar-refractivity contribution < 1.29 is 8.42 Å². The number of rotatable bonds is 3. The molecule has 0 aliphatic heterocycles. The van der Waals surface area contributed by atoms with Gasteiger partial charge in [-0.3, -0.25) is 0 Å². The maximum Gasteiger partial charge on any atom is 0.149 e. The SMILES string of the molecule is CS(=O)(=O)CCn1nnc2c(N)cccc21. The quantitative estimate of drug-likeness (QED) is 0.766. The molecule has 0 bridgehead atoms. The van der Waals surface area contributed by atoms with E-state index in [0.717, 1.165) is 5.52 Å². The molecule has 0 saturated carbocycles. The first-order valence-corrected chi connectivity index (χ1v) is 6.79. The second-order valence-electron chi connectivity index (χ2n) is 3.66. The largest absolute Gasteiger partial charge is 0.397 e. The summed E-state index contributed by atoms with van der Waals surface area (Å²) in [6.07, 6.45) is 1.19. The van der Waals surface area contributed by atoms with Crippen molar-refractivity contribution in [1.82, 2.24) is 15.0 Å². The average Bonchev–Trinajstić information content (AvgIpc) is 2.58. The van der Waals surface area contributed by atoms with Crippen LogP contribution in [0, 0.1) is 0 Å². The summed E-state index contributed by atoms with van der Waals surface area (Å²) >= 11 is 0. The lowest BCUT2D eigenvalue weighted by molar-refractivity contribution is 0.585. The lowest BCUT2D eigenvalue weighted by Gasteiger charge is -2.00. The predicted octanol–water partition coefficient (Wildman–Crippen LogP) is 0.0581. The molecule has 7 heteroatoms. The van der Waals surface area contributed by atoms with Crippen LogP contribution in [0.2, 0.25) is 0 Å². The predicted molar refractivity (Wildman–Crippen MR) is 61.7 cm³/mol. The van der Waals surface area contributed by atoms with Gasteiger partial charge in [-0.2, -0.15) is 0 Å². The zero-order chi connectivity index (χ0) is 11.8. The molecular formula is C9H12N4O2S. The zero-order valence-corrected chi connectivity index (χ0v) is 9.61. The number of nitrogens with two attached hydrogens (primary N) is 1. The Morgan fingerprint density at radius 1 is 1.44 bits per heavy atom. The number of sulfone groups is 1. The summed E-state index contributed by atoms with van der Waals surface area (Å²) in [5.41, 5.74) is 7.62. The van der Waals surface area contributed by atoms with E-state index >= 15 is 0 Å². The van der Waals surface area contributed by atoms with E-state index in [2.05, 4.69) is 10.3 Å². The van der Waals surface area contributed by atoms with Gasteiger partial charge in [0.2, 0.25) is 0 Å². The summed E-state index contributed by atoms with van der Waals surface area (Å²) in [4.78, 5) is 0. The molecule has 1 aromatic heterocycles. The molecular weight excluding hydrogens is 228 g/mol. The molecule has 1 heterocycles. The number of hydrogen-bond acceptors (Lipinski definition) is 5. The van der Waals surface area contributed by atoms with Crippen LogP contribution in [0.4, 0.5) is 5.69 Å². The van der Waals surface area contributed by atoms with Crippen molar-refractivity contribution in [3.05, 3.63) is 18.2 Å². The highest BCUT2D eigenvalue weighted by Crippen LogP contribution is 2.17. The van der Waals surface area contributed by atoms with Crippen LogP contribution in [-0.4, -0.2) is 35.4 Å². The van der Waals surface area contributed by atoms with Gasteiger partial charge in [-0.1, -0.05) is 11.3 Å². The molecule has 0 aliphatic carbocycles. The van der Waals surface area contributed by atoms with E-state index in [1.54, 1.807) is 16.8 Å². The van der Waals surface area contributed by atoms with Gasteiger partial charge in [0.25, 0.3) is 0 Å². The fourth-order valence-corrected chi connectivity index (χ4v) is 1.93. The van der Waals surface area contributed by atoms with Crippen molar-refractivity contribution in [2.45, 2.75) is 6.54 Å². The third-order valence-electron chi connectivity index (χ3n) is 2.25. The molecule has 0 spiro atoms. The third kappa shape index (κ3) is 2.13. The van der Waals surface area contributed by atoms with Crippen LogP contribution in [0.25, 0.3) is 11.0 Å². The van der Waals surface area contributed by atoms with Gasteiger partial charge in [0.15, 0.2) is 0 Å². The third-order valence-corrected chi connectivity index (χ3v) is 3.17. The number of fused-ring (bicyclic) bond motifs is 1. The molecule has 2 N–H and O–H groups in total. The van der Waals surface area contributed by atoms with E-state index < -0.39 is 9.84 Å². The molecule has 2 aromatic rings. The van der Waals surface area contributed by atoms with E-state index in [1.807, 2.05) is 6.07 Å². The highest BCUT2D eigenvalue weighted by atomic mass is 32.2. The number of aryl methyl sites for hydroxylation is 1. The Morgan fingerprint density at radius 3 is 2.88 bits per heavy atom. The highest BCUT2D eigenvalue weighted by Gasteiger charge is 2.09. The molecule has 2 rings (SSSR count). The minimum absolute atomic E-state index is 0.0419. The molecule has 0 amide bonds. The number of anilines is 1. The fraction of sp³-hybridized carbons (Fsp3) is 0.333. The van der Waals surface area contributed by atoms with E-state index in [9.17, 15) is 8.42 Å². The van der Waals surface area contributed by atoms with E-state index in [1.165, 1.54) is 6.26 Å². The monoisotopic (exact) mass is 240 g/mol. The van der Waals surface area contributed by atoms with Gasteiger partial charge in [0, 0.05) is 6.26 Å². The van der Waals surface area contributed by atoms with Crippen LogP contribution in [0.5, 0.6) is 0 Å². The van der Waals surface area contributed by atoms with Crippen LogP contribution in [0.3, 0.4) is 0 Å². The molecule has 1 aromatic carbocycles. The van der Waals surface area contributed by atoms with Crippen molar-refractivity contribution in [3.63, 3.8) is 0 Å². The Balaban J connectivity index is 2.36. The second-order valence-corrected chi connectivity index (χ2v) is 5.92. The smallest absolute Gasteiger partial charge is 0.149 e. The molecule has 86 valence electrons. The standard InChI is InChI=1S/C9H12N4O2S/c1-16(14,15)6-5-13-8-4-2-3-7(10)9(8)11-12-13/h2-4H,5-6,10H2,1H3. The fourth-order valence-electron chi connectivity index (χ4n) is 1.43. The molecule has 16 heavy (non-hydrogen) atoms. The topological polar surface area (TPSA) is 90.9 Å². The summed E-state index contributed by atoms with van der Waals surface area (Å²) in [6.45, 7) is 0.290. The Labute approximate surface area is 93.0 Å². The zero-order valence-electron chi connectivity index (χ0n) is 8.79. The Bertz CT molecular complexity index is 617. The van der Waals surface area contributed by atoms with Crippen LogP contribution in [0.15, 0.2) is 18.2 Å². The molecule has 0 radical (unpaired) electrons. The molecule has 0 aliphatic rings. The summed E-state index contributed by atoms with van der Waals surface area (Å²) in [5, 5.41) is 7.79. The number of aromatic nitrogens is 3. The van der Waals surface area contributed by atoms with Crippen LogP contribution in [0.1, 0.15) is 0 Å². The van der Waals surface area contributed by atoms with Gasteiger partial charge < -0.3 is 5.73 Å². The number of nitrogen functional groups attached to an aromatic ring is 1. The van der Waals surface area contributed by atoms with Crippen LogP contribution >= 0.6 is 0 Å². The highest BCUT2D eigenvalue weighted by molar-refractivity contribution is 7.90. The number of benzene rings is 1. The second kappa shape index (κ2) is 3.75. The lowest BCUT2D eigenvalue weighted by Crippen LogP contribution is -2.12. The summed E-state index contributed by atoms with van der Waals surface area (Å²) in [7, 11) is -3.00. The summed E-state index contributed by atoms with van der Waals surface area (Å²) in [6, 6.07) is 5.34. The van der Waals surface area contributed by atoms with Gasteiger partial charge in [-0.05, 0) is 12.1 Å². The van der Waals surface area contributed by atoms with Gasteiger partial charge in [-0.25, -0.2) is 13.1 Å². The van der Waals surface area contributed by atoms with E-state index in [4.69, 9.17) is 5.73 Å². The van der Waals surface area contributed by atoms with Gasteiger partial charge in [-0.15, -0.1) is 5.10 Å². The first-order chi connectivity index (χ1) is 7.47. The molecule has 0 atom stereocenters. The van der Waals surface area contributed by atoms with E-state index in [0.29, 0.717) is 17.7 Å². The first kappa shape index (κ1) is 10.9. The van der Waals surface area contributed by atoms with Crippen molar-refractivity contribution in [2.75, 3.05) is 17.7 Å². The van der Waals surface area contributed by atoms with Gasteiger partial charge >= 0.3 is 0 Å². The normalized spacial score (nSPS) is 12.1. The van der Waals surface area contributed by atoms with Crippen molar-refractivity contribution >= 4 is 26.6 Å². The summed E-state index contributed by atoms with van der Waals surface area (Å²) in [5.74, 6) is 0.0419. The molecule has 0 fully saturated rings. The van der Waals surface area contributed by atoms with E-state index in [-0.39, 0.29) is 5.75 Å². The Hall–Kier alpha value is -1.63. The number of hydrogen-bond donors (Lipinski definition) is 1. The number of nitrogens with zero attached hydrogens (tertiary/aromatic N) is 3. The molecule has 0 saturated heterocycles. The minimum atomic E-state index is -3.00. The van der Waals surface area contributed by atoms with Crippen LogP contribution < -0.4 is 5.73 Å². The van der Waals surface area contributed by atoms with Crippen molar-refractivity contribution in [1.29, 1.82) is 0 Å². The Kier molecular flexibility index (Phi) is 2.55. The first-order valence-electron chi connectivity index (χ1n) is 4.73. The van der Waals surface area contributed by atoms with Crippen molar-refractivity contribution in [3.8, 4) is 0 Å². The van der Waals surface area contributed by atoms with Gasteiger partial charge in [0.1, 0.15) is 15.4 Å². The lowest BCUT2D eigenvalue weighted by atomic mass is 10.3. The maximum atomic E-state index is 11.0. The van der Waals surface area contributed by atoms with Crippen molar-refractivity contribution in [2.24, 2.45) is 0 Å². The molecule has 6 nitrogen and oxygen atoms in total. The maximum absolute atomic E-state index is 11.0.